The van der Waals surface area contributed by atoms with Gasteiger partial charge in [-0.1, -0.05) is 17.7 Å². The fourth-order valence-corrected chi connectivity index (χ4v) is 6.35. The number of fused-ring (bicyclic) bond motifs is 2. The van der Waals surface area contributed by atoms with Crippen molar-refractivity contribution in [2.45, 2.75) is 44.3 Å². The highest BCUT2D eigenvalue weighted by atomic mass is 35.5. The number of aromatic hydroxyl groups is 1. The van der Waals surface area contributed by atoms with E-state index in [1.807, 2.05) is 19.0 Å². The number of hydrogen-bond donors (Lipinski definition) is 3. The van der Waals surface area contributed by atoms with Gasteiger partial charge in [0.15, 0.2) is 5.69 Å². The molecule has 0 spiro atoms. The van der Waals surface area contributed by atoms with Crippen molar-refractivity contribution in [3.63, 3.8) is 0 Å². The molecule has 0 atom stereocenters. The first-order chi connectivity index (χ1) is 19.6. The largest absolute Gasteiger partial charge is 0.501 e. The van der Waals surface area contributed by atoms with Crippen molar-refractivity contribution in [3.05, 3.63) is 50.4 Å². The Bertz CT molecular complexity index is 1480. The number of nitrogens with one attached hydrogen (secondary N) is 2. The lowest BCUT2D eigenvalue weighted by molar-refractivity contribution is -0.145. The molecule has 2 aliphatic heterocycles. The van der Waals surface area contributed by atoms with E-state index in [1.54, 1.807) is 25.1 Å². The molecule has 12 nitrogen and oxygen atoms in total. The Morgan fingerprint density at radius 1 is 1.10 bits per heavy atom. The molecule has 14 heteroatoms. The normalized spacial score (nSPS) is 21.0. The van der Waals surface area contributed by atoms with Crippen LogP contribution in [-0.4, -0.2) is 91.0 Å². The van der Waals surface area contributed by atoms with Crippen molar-refractivity contribution in [3.8, 4) is 5.75 Å². The van der Waals surface area contributed by atoms with Gasteiger partial charge in [0.05, 0.1) is 16.2 Å². The zero-order chi connectivity index (χ0) is 31.1. The number of rotatable bonds is 7. The fraction of sp³-hybridized carbons (Fsp3) is 0.536. The molecule has 0 radical (unpaired) electrons. The van der Waals surface area contributed by atoms with Crippen LogP contribution >= 0.6 is 11.6 Å². The highest BCUT2D eigenvalue weighted by molar-refractivity contribution is 6.35. The molecule has 228 valence electrons. The summed E-state index contributed by atoms with van der Waals surface area (Å²) in [7, 11) is 10.2. The smallest absolute Gasteiger partial charge is 0.311 e. The van der Waals surface area contributed by atoms with Crippen LogP contribution in [0.3, 0.4) is 0 Å². The van der Waals surface area contributed by atoms with E-state index >= 15 is 0 Å². The molecule has 1 aromatic carbocycles. The standard InChI is InChI=1S/C28H37ClFN7O5/c1-34(2)14-27-9-11-28(12-10-27,33-23(40)25(42)36(5)6)26-32-20(21(38)24(41)37(26)15-27)22(39)31-13-16-7-8-17(35(3)4)18(29)19(16)30/h7-8,38H,9-15H2,1-6H3,(H,31,39)(H,33,40). The topological polar surface area (TPSA) is 140 Å². The van der Waals surface area contributed by atoms with E-state index in [9.17, 15) is 28.7 Å². The van der Waals surface area contributed by atoms with Crippen molar-refractivity contribution >= 4 is 35.0 Å². The van der Waals surface area contributed by atoms with Crippen molar-refractivity contribution < 1.29 is 23.9 Å². The van der Waals surface area contributed by atoms with E-state index in [4.69, 9.17) is 11.6 Å². The minimum absolute atomic E-state index is 0.0954. The molecule has 3 aliphatic rings. The maximum atomic E-state index is 14.9. The summed E-state index contributed by atoms with van der Waals surface area (Å²) in [5.74, 6) is -4.02. The summed E-state index contributed by atoms with van der Waals surface area (Å²) < 4.78 is 16.2. The molecular weight excluding hydrogens is 569 g/mol. The van der Waals surface area contributed by atoms with Gasteiger partial charge >= 0.3 is 11.8 Å². The highest BCUT2D eigenvalue weighted by Gasteiger charge is 2.52. The number of carbonyl (C=O) groups is 3. The minimum atomic E-state index is -1.22. The van der Waals surface area contributed by atoms with Crippen molar-refractivity contribution in [1.29, 1.82) is 0 Å². The molecule has 2 aromatic rings. The molecule has 0 unspecified atom stereocenters. The molecule has 5 rings (SSSR count). The van der Waals surface area contributed by atoms with E-state index in [0.717, 1.165) is 4.90 Å². The molecule has 1 saturated carbocycles. The summed E-state index contributed by atoms with van der Waals surface area (Å²) >= 11 is 6.15. The number of amides is 3. The van der Waals surface area contributed by atoms with Crippen LogP contribution in [0.25, 0.3) is 0 Å². The monoisotopic (exact) mass is 605 g/mol. The number of halogens is 2. The average molecular weight is 606 g/mol. The van der Waals surface area contributed by atoms with Gasteiger partial charge in [-0.05, 0) is 45.8 Å². The Morgan fingerprint density at radius 2 is 1.74 bits per heavy atom. The summed E-state index contributed by atoms with van der Waals surface area (Å²) in [5.41, 5.74) is -2.41. The molecule has 1 aromatic heterocycles. The van der Waals surface area contributed by atoms with E-state index in [0.29, 0.717) is 37.9 Å². The summed E-state index contributed by atoms with van der Waals surface area (Å²) in [5, 5.41) is 16.1. The van der Waals surface area contributed by atoms with Crippen LogP contribution in [0.15, 0.2) is 16.9 Å². The Morgan fingerprint density at radius 3 is 2.31 bits per heavy atom. The van der Waals surface area contributed by atoms with Crippen molar-refractivity contribution in [2.75, 3.05) is 53.7 Å². The fourth-order valence-electron chi connectivity index (χ4n) is 5.99. The number of nitrogens with zero attached hydrogens (tertiary/aromatic N) is 5. The highest BCUT2D eigenvalue weighted by Crippen LogP contribution is 2.49. The van der Waals surface area contributed by atoms with Crippen LogP contribution < -0.4 is 21.1 Å². The van der Waals surface area contributed by atoms with Gasteiger partial charge < -0.3 is 30.4 Å². The van der Waals surface area contributed by atoms with Gasteiger partial charge in [-0.25, -0.2) is 9.37 Å². The van der Waals surface area contributed by atoms with Crippen LogP contribution in [0.4, 0.5) is 10.1 Å². The van der Waals surface area contributed by atoms with Gasteiger partial charge in [0.25, 0.3) is 11.5 Å². The van der Waals surface area contributed by atoms with Gasteiger partial charge in [-0.15, -0.1) is 0 Å². The maximum absolute atomic E-state index is 14.9. The van der Waals surface area contributed by atoms with E-state index in [-0.39, 0.29) is 34.9 Å². The first-order valence-corrected chi connectivity index (χ1v) is 13.9. The summed E-state index contributed by atoms with van der Waals surface area (Å²) in [6.45, 7) is 0.565. The third-order valence-corrected chi connectivity index (χ3v) is 8.47. The zero-order valence-corrected chi connectivity index (χ0v) is 25.4. The third kappa shape index (κ3) is 5.67. The van der Waals surface area contributed by atoms with Gasteiger partial charge in [0, 0.05) is 58.8 Å². The first kappa shape index (κ1) is 31.2. The predicted octanol–water partition coefficient (Wildman–Crippen LogP) is 1.27. The van der Waals surface area contributed by atoms with Gasteiger partial charge in [-0.3, -0.25) is 23.7 Å². The second-order valence-corrected chi connectivity index (χ2v) is 12.3. The van der Waals surface area contributed by atoms with E-state index in [2.05, 4.69) is 15.6 Å². The number of benzene rings is 1. The molecule has 1 aliphatic carbocycles. The van der Waals surface area contributed by atoms with Crippen molar-refractivity contribution in [1.82, 2.24) is 30.0 Å². The van der Waals surface area contributed by atoms with Crippen LogP contribution in [0.5, 0.6) is 5.75 Å². The number of hydrogen-bond acceptors (Lipinski definition) is 8. The Balaban J connectivity index is 1.74. The average Bonchev–Trinajstić information content (AvgIpc) is 3.13. The van der Waals surface area contributed by atoms with Crippen LogP contribution in [0, 0.1) is 11.2 Å². The lowest BCUT2D eigenvalue weighted by atomic mass is 9.68. The Labute approximate surface area is 248 Å². The second kappa shape index (κ2) is 11.5. The van der Waals surface area contributed by atoms with Gasteiger partial charge in [-0.2, -0.15) is 0 Å². The Hall–Kier alpha value is -3.71. The molecule has 42 heavy (non-hydrogen) atoms. The zero-order valence-electron chi connectivity index (χ0n) is 24.7. The summed E-state index contributed by atoms with van der Waals surface area (Å²) in [4.78, 5) is 61.6. The summed E-state index contributed by atoms with van der Waals surface area (Å²) in [6.07, 6.45) is 1.95. The molecule has 1 fully saturated rings. The summed E-state index contributed by atoms with van der Waals surface area (Å²) in [6, 6.07) is 3.09. The lowest BCUT2D eigenvalue weighted by Gasteiger charge is -2.43. The molecule has 3 heterocycles. The molecule has 3 amide bonds. The van der Waals surface area contributed by atoms with E-state index < -0.39 is 46.1 Å². The number of likely N-dealkylation sites (N-methyl/N-ethyl adjacent to an activating group) is 1. The lowest BCUT2D eigenvalue weighted by Crippen LogP contribution is -2.54. The van der Waals surface area contributed by atoms with Gasteiger partial charge in [0.2, 0.25) is 5.75 Å². The minimum Gasteiger partial charge on any atom is -0.501 e. The molecule has 3 N–H and O–H groups in total. The van der Waals surface area contributed by atoms with Crippen LogP contribution in [0.1, 0.15) is 47.6 Å². The van der Waals surface area contributed by atoms with Gasteiger partial charge in [0.1, 0.15) is 11.6 Å². The first-order valence-electron chi connectivity index (χ1n) is 13.6. The number of carbonyl (C=O) groups excluding carboxylic acids is 3. The molecular formula is C28H37ClFN7O5. The molecule has 0 saturated heterocycles. The van der Waals surface area contributed by atoms with E-state index in [1.165, 1.54) is 24.7 Å². The number of aromatic nitrogens is 2. The maximum Gasteiger partial charge on any atom is 0.311 e. The third-order valence-electron chi connectivity index (χ3n) is 8.11. The predicted molar refractivity (Wildman–Crippen MR) is 155 cm³/mol. The SMILES string of the molecule is CN(C)CC12CCC(NC(=O)C(=O)N(C)C)(CC1)c1nc(C(=O)NCc3ccc(N(C)C)c(Cl)c3F)c(O)c(=O)n1C2. The Kier molecular flexibility index (Phi) is 8.57. The van der Waals surface area contributed by atoms with Crippen molar-refractivity contribution in [2.24, 2.45) is 5.41 Å². The van der Waals surface area contributed by atoms with Crippen LogP contribution in [-0.2, 0) is 28.2 Å². The number of anilines is 1. The molecule has 2 bridgehead atoms. The van der Waals surface area contributed by atoms with Crippen LogP contribution in [0.2, 0.25) is 5.02 Å². The second-order valence-electron chi connectivity index (χ2n) is 11.9. The quantitative estimate of drug-likeness (QED) is 0.401.